The van der Waals surface area contributed by atoms with Crippen LogP contribution < -0.4 is 25.3 Å². The highest BCUT2D eigenvalue weighted by atomic mass is 32.1. The van der Waals surface area contributed by atoms with Gasteiger partial charge in [-0.05, 0) is 42.5 Å². The number of rotatable bonds is 5. The zero-order chi connectivity index (χ0) is 21.8. The van der Waals surface area contributed by atoms with Gasteiger partial charge in [-0.25, -0.2) is 14.2 Å². The number of nitrogens with one attached hydrogen (secondary N) is 2. The molecule has 0 unspecified atom stereocenters. The summed E-state index contributed by atoms with van der Waals surface area (Å²) < 4.78 is 20.3. The number of piperazine rings is 1. The fraction of sp³-hybridized carbons (Fsp3) is 0.381. The molecule has 31 heavy (non-hydrogen) atoms. The van der Waals surface area contributed by atoms with Crippen molar-refractivity contribution in [3.05, 3.63) is 48.4 Å². The largest absolute Gasteiger partial charge is 0.442 e. The van der Waals surface area contributed by atoms with Crippen molar-refractivity contribution in [2.24, 2.45) is 0 Å². The average Bonchev–Trinajstić information content (AvgIpc) is 3.18. The SMILES string of the molecule is CNC(=S)NC[C@H]1CN(c2ccc(N3CCN(c4ccccn4)CC3)c(F)c2)C(=O)O1. The topological polar surface area (TPSA) is 73.0 Å². The summed E-state index contributed by atoms with van der Waals surface area (Å²) in [5.74, 6) is 0.583. The number of cyclic esters (lactones) is 1. The van der Waals surface area contributed by atoms with Crippen LogP contribution in [0.25, 0.3) is 0 Å². The lowest BCUT2D eigenvalue weighted by atomic mass is 10.2. The molecule has 2 saturated heterocycles. The number of benzene rings is 1. The molecule has 0 aliphatic carbocycles. The molecule has 1 aromatic carbocycles. The number of aromatic nitrogens is 1. The van der Waals surface area contributed by atoms with E-state index in [-0.39, 0.29) is 11.9 Å². The number of pyridine rings is 1. The Morgan fingerprint density at radius 1 is 1.23 bits per heavy atom. The fourth-order valence-electron chi connectivity index (χ4n) is 3.77. The number of halogens is 1. The van der Waals surface area contributed by atoms with E-state index >= 15 is 0 Å². The van der Waals surface area contributed by atoms with Crippen molar-refractivity contribution >= 4 is 40.6 Å². The maximum absolute atomic E-state index is 14.9. The molecule has 10 heteroatoms. The van der Waals surface area contributed by atoms with E-state index in [1.165, 1.54) is 11.0 Å². The molecule has 2 fully saturated rings. The Morgan fingerprint density at radius 3 is 2.68 bits per heavy atom. The first-order chi connectivity index (χ1) is 15.0. The van der Waals surface area contributed by atoms with Gasteiger partial charge in [0.2, 0.25) is 0 Å². The van der Waals surface area contributed by atoms with Gasteiger partial charge in [0, 0.05) is 39.4 Å². The van der Waals surface area contributed by atoms with E-state index in [4.69, 9.17) is 17.0 Å². The molecule has 2 aliphatic rings. The van der Waals surface area contributed by atoms with Crippen molar-refractivity contribution < 1.29 is 13.9 Å². The Labute approximate surface area is 186 Å². The zero-order valence-corrected chi connectivity index (χ0v) is 18.1. The first-order valence-electron chi connectivity index (χ1n) is 10.2. The molecule has 0 spiro atoms. The number of hydrogen-bond donors (Lipinski definition) is 2. The first kappa shape index (κ1) is 21.1. The zero-order valence-electron chi connectivity index (χ0n) is 17.3. The number of carbonyl (C=O) groups is 1. The van der Waals surface area contributed by atoms with Crippen LogP contribution in [-0.2, 0) is 4.74 Å². The van der Waals surface area contributed by atoms with E-state index in [0.717, 1.165) is 18.9 Å². The number of anilines is 3. The van der Waals surface area contributed by atoms with Crippen molar-refractivity contribution in [1.29, 1.82) is 0 Å². The normalized spacial score (nSPS) is 18.7. The second-order valence-corrected chi connectivity index (χ2v) is 7.78. The number of nitrogens with zero attached hydrogens (tertiary/aromatic N) is 4. The molecule has 0 saturated carbocycles. The van der Waals surface area contributed by atoms with Crippen LogP contribution in [0.15, 0.2) is 42.6 Å². The van der Waals surface area contributed by atoms with Gasteiger partial charge in [-0.3, -0.25) is 4.90 Å². The summed E-state index contributed by atoms with van der Waals surface area (Å²) >= 11 is 5.03. The van der Waals surface area contributed by atoms with Gasteiger partial charge < -0.3 is 25.2 Å². The van der Waals surface area contributed by atoms with Gasteiger partial charge in [-0.2, -0.15) is 0 Å². The van der Waals surface area contributed by atoms with E-state index in [1.807, 2.05) is 23.1 Å². The monoisotopic (exact) mass is 444 g/mol. The third-order valence-corrected chi connectivity index (χ3v) is 5.78. The minimum atomic E-state index is -0.488. The van der Waals surface area contributed by atoms with Gasteiger partial charge in [0.05, 0.1) is 24.5 Å². The number of carbonyl (C=O) groups excluding carboxylic acids is 1. The van der Waals surface area contributed by atoms with Crippen LogP contribution >= 0.6 is 12.2 Å². The predicted molar refractivity (Wildman–Crippen MR) is 122 cm³/mol. The Kier molecular flexibility index (Phi) is 6.36. The maximum atomic E-state index is 14.9. The van der Waals surface area contributed by atoms with Crippen LogP contribution in [0.5, 0.6) is 0 Å². The molecule has 4 rings (SSSR count). The molecular weight excluding hydrogens is 419 g/mol. The first-order valence-corrected chi connectivity index (χ1v) is 10.6. The van der Waals surface area contributed by atoms with Crippen molar-refractivity contribution in [2.45, 2.75) is 6.10 Å². The van der Waals surface area contributed by atoms with E-state index < -0.39 is 6.09 Å². The minimum absolute atomic E-state index is 0.333. The summed E-state index contributed by atoms with van der Waals surface area (Å²) in [5, 5.41) is 6.26. The van der Waals surface area contributed by atoms with Crippen LogP contribution in [0.4, 0.5) is 26.4 Å². The van der Waals surface area contributed by atoms with Crippen LogP contribution in [0.3, 0.4) is 0 Å². The van der Waals surface area contributed by atoms with Crippen molar-refractivity contribution in [2.75, 3.05) is 61.0 Å². The van der Waals surface area contributed by atoms with E-state index in [9.17, 15) is 9.18 Å². The van der Waals surface area contributed by atoms with Gasteiger partial charge in [-0.1, -0.05) is 6.07 Å². The lowest BCUT2D eigenvalue weighted by Gasteiger charge is -2.37. The lowest BCUT2D eigenvalue weighted by molar-refractivity contribution is 0.143. The molecule has 2 aliphatic heterocycles. The molecule has 164 valence electrons. The van der Waals surface area contributed by atoms with Crippen molar-refractivity contribution in [3.63, 3.8) is 0 Å². The highest BCUT2D eigenvalue weighted by Gasteiger charge is 2.33. The van der Waals surface area contributed by atoms with Crippen LogP contribution in [-0.4, -0.2) is 68.6 Å². The summed E-state index contributed by atoms with van der Waals surface area (Å²) in [6, 6.07) is 10.7. The van der Waals surface area contributed by atoms with Crippen molar-refractivity contribution in [1.82, 2.24) is 15.6 Å². The molecule has 2 aromatic rings. The molecule has 0 radical (unpaired) electrons. The van der Waals surface area contributed by atoms with Crippen LogP contribution in [0, 0.1) is 5.82 Å². The van der Waals surface area contributed by atoms with Gasteiger partial charge in [-0.15, -0.1) is 0 Å². The molecule has 0 bridgehead atoms. The van der Waals surface area contributed by atoms with E-state index in [1.54, 1.807) is 25.4 Å². The second kappa shape index (κ2) is 9.34. The van der Waals surface area contributed by atoms with Crippen molar-refractivity contribution in [3.8, 4) is 0 Å². The highest BCUT2D eigenvalue weighted by Crippen LogP contribution is 2.29. The number of hydrogen-bond acceptors (Lipinski definition) is 6. The van der Waals surface area contributed by atoms with Gasteiger partial charge in [0.15, 0.2) is 5.11 Å². The molecule has 8 nitrogen and oxygen atoms in total. The standard InChI is InChI=1S/C21H25FN6O2S/c1-23-20(31)25-13-16-14-28(21(29)30-16)15-5-6-18(17(22)12-15)26-8-10-27(11-9-26)19-4-2-3-7-24-19/h2-7,12,16H,8-11,13-14H2,1H3,(H2,23,25,31)/t16-/m0/s1. The highest BCUT2D eigenvalue weighted by molar-refractivity contribution is 7.80. The van der Waals surface area contributed by atoms with Gasteiger partial charge in [0.25, 0.3) is 0 Å². The quantitative estimate of drug-likeness (QED) is 0.679. The molecule has 1 atom stereocenters. The van der Waals surface area contributed by atoms with Gasteiger partial charge in [0.1, 0.15) is 17.7 Å². The van der Waals surface area contributed by atoms with Gasteiger partial charge >= 0.3 is 6.09 Å². The minimum Gasteiger partial charge on any atom is -0.442 e. The smallest absolute Gasteiger partial charge is 0.414 e. The van der Waals surface area contributed by atoms with Crippen LogP contribution in [0.2, 0.25) is 0 Å². The second-order valence-electron chi connectivity index (χ2n) is 7.37. The average molecular weight is 445 g/mol. The summed E-state index contributed by atoms with van der Waals surface area (Å²) in [5.41, 5.74) is 1.02. The maximum Gasteiger partial charge on any atom is 0.414 e. The summed E-state index contributed by atoms with van der Waals surface area (Å²) in [7, 11) is 1.71. The summed E-state index contributed by atoms with van der Waals surface area (Å²) in [6.07, 6.45) is 0.929. The predicted octanol–water partition coefficient (Wildman–Crippen LogP) is 1.97. The number of amides is 1. The third-order valence-electron chi connectivity index (χ3n) is 5.43. The summed E-state index contributed by atoms with van der Waals surface area (Å²) in [4.78, 5) is 22.3. The fourth-order valence-corrected chi connectivity index (χ4v) is 3.85. The molecule has 1 amide bonds. The Bertz CT molecular complexity index is 939. The molecule has 3 heterocycles. The Balaban J connectivity index is 1.37. The van der Waals surface area contributed by atoms with Crippen LogP contribution in [0.1, 0.15) is 0 Å². The molecule has 1 aromatic heterocycles. The number of ether oxygens (including phenoxy) is 1. The third kappa shape index (κ3) is 4.79. The molecular formula is C21H25FN6O2S. The molecule has 2 N–H and O–H groups in total. The summed E-state index contributed by atoms with van der Waals surface area (Å²) in [6.45, 7) is 3.64. The van der Waals surface area contributed by atoms with E-state index in [0.29, 0.717) is 42.7 Å². The lowest BCUT2D eigenvalue weighted by Crippen LogP contribution is -2.47. The Morgan fingerprint density at radius 2 is 2.00 bits per heavy atom. The Hall–Kier alpha value is -3.14. The van der Waals surface area contributed by atoms with E-state index in [2.05, 4.69) is 20.5 Å². The number of thiocarbonyl (C=S) groups is 1.